The first-order valence-electron chi connectivity index (χ1n) is 9.89. The van der Waals surface area contributed by atoms with E-state index in [0.717, 1.165) is 41.2 Å². The number of aromatic amines is 1. The Morgan fingerprint density at radius 3 is 2.67 bits per heavy atom. The fourth-order valence-electron chi connectivity index (χ4n) is 3.61. The van der Waals surface area contributed by atoms with Gasteiger partial charge in [0.1, 0.15) is 0 Å². The van der Waals surface area contributed by atoms with Crippen LogP contribution in [-0.2, 0) is 12.8 Å². The van der Waals surface area contributed by atoms with Crippen LogP contribution in [0.1, 0.15) is 27.8 Å². The standard InChI is InChI=1S/C26H22ClN3/c1-18(29-12-11-23-17-30-26-10-9-24(27)15-25(23)26)22-4-2-3-21(14-22)13-19-5-7-20(16-28)8-6-19/h2-10,14-15,17,29-30H,1,11-13H2. The maximum Gasteiger partial charge on any atom is 0.0991 e. The van der Waals surface area contributed by atoms with E-state index in [-0.39, 0.29) is 0 Å². The van der Waals surface area contributed by atoms with E-state index in [2.05, 4.69) is 47.2 Å². The Labute approximate surface area is 181 Å². The monoisotopic (exact) mass is 411 g/mol. The highest BCUT2D eigenvalue weighted by atomic mass is 35.5. The Morgan fingerprint density at radius 2 is 1.87 bits per heavy atom. The molecule has 0 spiro atoms. The third-order valence-corrected chi connectivity index (χ3v) is 5.46. The molecule has 4 rings (SSSR count). The summed E-state index contributed by atoms with van der Waals surface area (Å²) in [6.45, 7) is 5.00. The molecule has 1 aromatic heterocycles. The Balaban J connectivity index is 1.38. The van der Waals surface area contributed by atoms with Crippen molar-refractivity contribution in [3.63, 3.8) is 0 Å². The number of hydrogen-bond acceptors (Lipinski definition) is 2. The molecule has 3 nitrogen and oxygen atoms in total. The van der Waals surface area contributed by atoms with Gasteiger partial charge in [0.2, 0.25) is 0 Å². The highest BCUT2D eigenvalue weighted by molar-refractivity contribution is 6.31. The molecule has 4 heteroatoms. The highest BCUT2D eigenvalue weighted by Crippen LogP contribution is 2.23. The molecular weight excluding hydrogens is 390 g/mol. The van der Waals surface area contributed by atoms with Gasteiger partial charge in [-0.25, -0.2) is 0 Å². The first-order valence-corrected chi connectivity index (χ1v) is 10.3. The number of benzene rings is 3. The number of fused-ring (bicyclic) bond motifs is 1. The lowest BCUT2D eigenvalue weighted by Gasteiger charge is -2.11. The first kappa shape index (κ1) is 19.8. The summed E-state index contributed by atoms with van der Waals surface area (Å²) in [7, 11) is 0. The van der Waals surface area contributed by atoms with Crippen LogP contribution in [0.2, 0.25) is 5.02 Å². The number of nitrogens with zero attached hydrogens (tertiary/aromatic N) is 1. The molecule has 30 heavy (non-hydrogen) atoms. The Hall–Kier alpha value is -3.48. The van der Waals surface area contributed by atoms with Crippen LogP contribution in [0.15, 0.2) is 79.5 Å². The van der Waals surface area contributed by atoms with Crippen LogP contribution in [0, 0.1) is 11.3 Å². The minimum Gasteiger partial charge on any atom is -0.385 e. The second kappa shape index (κ2) is 8.90. The van der Waals surface area contributed by atoms with Gasteiger partial charge in [-0.15, -0.1) is 0 Å². The lowest BCUT2D eigenvalue weighted by Crippen LogP contribution is -2.15. The topological polar surface area (TPSA) is 51.6 Å². The maximum absolute atomic E-state index is 8.94. The molecule has 1 heterocycles. The number of nitriles is 1. The molecule has 0 bridgehead atoms. The van der Waals surface area contributed by atoms with Gasteiger partial charge in [-0.2, -0.15) is 5.26 Å². The molecule has 0 aliphatic rings. The van der Waals surface area contributed by atoms with Gasteiger partial charge < -0.3 is 10.3 Å². The molecule has 0 saturated carbocycles. The summed E-state index contributed by atoms with van der Waals surface area (Å²) in [4.78, 5) is 3.30. The largest absolute Gasteiger partial charge is 0.385 e. The molecule has 0 aliphatic carbocycles. The van der Waals surface area contributed by atoms with Gasteiger partial charge >= 0.3 is 0 Å². The van der Waals surface area contributed by atoms with E-state index in [0.29, 0.717) is 5.56 Å². The summed E-state index contributed by atoms with van der Waals surface area (Å²) in [5, 5.41) is 14.3. The van der Waals surface area contributed by atoms with E-state index in [4.69, 9.17) is 16.9 Å². The maximum atomic E-state index is 8.94. The zero-order valence-electron chi connectivity index (χ0n) is 16.6. The Bertz CT molecular complexity index is 1230. The van der Waals surface area contributed by atoms with Crippen LogP contribution in [0.3, 0.4) is 0 Å². The van der Waals surface area contributed by atoms with Crippen LogP contribution in [0.5, 0.6) is 0 Å². The molecule has 0 amide bonds. The van der Waals surface area contributed by atoms with E-state index < -0.39 is 0 Å². The van der Waals surface area contributed by atoms with Crippen molar-refractivity contribution in [2.45, 2.75) is 12.8 Å². The second-order valence-corrected chi connectivity index (χ2v) is 7.78. The van der Waals surface area contributed by atoms with Crippen LogP contribution >= 0.6 is 11.6 Å². The molecular formula is C26H22ClN3. The van der Waals surface area contributed by atoms with Crippen LogP contribution in [-0.4, -0.2) is 11.5 Å². The molecule has 4 aromatic rings. The average molecular weight is 412 g/mol. The normalized spacial score (nSPS) is 10.7. The smallest absolute Gasteiger partial charge is 0.0991 e. The van der Waals surface area contributed by atoms with Crippen LogP contribution in [0.25, 0.3) is 16.6 Å². The van der Waals surface area contributed by atoms with Gasteiger partial charge in [0.25, 0.3) is 0 Å². The summed E-state index contributed by atoms with van der Waals surface area (Å²) >= 11 is 6.14. The van der Waals surface area contributed by atoms with Gasteiger partial charge in [0.05, 0.1) is 11.6 Å². The van der Waals surface area contributed by atoms with E-state index >= 15 is 0 Å². The van der Waals surface area contributed by atoms with Crippen molar-refractivity contribution in [1.29, 1.82) is 5.26 Å². The van der Waals surface area contributed by atoms with Gasteiger partial charge in [0, 0.05) is 34.4 Å². The number of halogens is 1. The van der Waals surface area contributed by atoms with E-state index in [9.17, 15) is 0 Å². The Kier molecular flexibility index (Phi) is 5.88. The van der Waals surface area contributed by atoms with Gasteiger partial charge in [-0.1, -0.05) is 48.5 Å². The number of nitrogens with one attached hydrogen (secondary N) is 2. The average Bonchev–Trinajstić information content (AvgIpc) is 3.16. The van der Waals surface area contributed by atoms with Crippen molar-refractivity contribution in [2.24, 2.45) is 0 Å². The van der Waals surface area contributed by atoms with Crippen molar-refractivity contribution < 1.29 is 0 Å². The quantitative estimate of drug-likeness (QED) is 0.386. The predicted octanol–water partition coefficient (Wildman–Crippen LogP) is 6.09. The predicted molar refractivity (Wildman–Crippen MR) is 124 cm³/mol. The third kappa shape index (κ3) is 4.56. The molecule has 148 valence electrons. The lowest BCUT2D eigenvalue weighted by atomic mass is 10.0. The number of hydrogen-bond donors (Lipinski definition) is 2. The number of rotatable bonds is 7. The fourth-order valence-corrected chi connectivity index (χ4v) is 3.78. The lowest BCUT2D eigenvalue weighted by molar-refractivity contribution is 0.853. The number of aromatic nitrogens is 1. The van der Waals surface area contributed by atoms with Gasteiger partial charge in [-0.05, 0) is 71.5 Å². The third-order valence-electron chi connectivity index (χ3n) is 5.23. The van der Waals surface area contributed by atoms with Gasteiger partial charge in [0.15, 0.2) is 0 Å². The van der Waals surface area contributed by atoms with Crippen molar-refractivity contribution in [3.8, 4) is 6.07 Å². The first-order chi connectivity index (χ1) is 14.6. The summed E-state index contributed by atoms with van der Waals surface area (Å²) < 4.78 is 0. The zero-order chi connectivity index (χ0) is 20.9. The Morgan fingerprint density at radius 1 is 1.03 bits per heavy atom. The molecule has 0 aliphatic heterocycles. The van der Waals surface area contributed by atoms with E-state index in [1.54, 1.807) is 0 Å². The second-order valence-electron chi connectivity index (χ2n) is 7.35. The molecule has 0 unspecified atom stereocenters. The summed E-state index contributed by atoms with van der Waals surface area (Å²) in [6.07, 6.45) is 3.75. The molecule has 0 atom stereocenters. The van der Waals surface area contributed by atoms with Crippen LogP contribution < -0.4 is 5.32 Å². The minimum absolute atomic E-state index is 0.683. The molecule has 0 radical (unpaired) electrons. The summed E-state index contributed by atoms with van der Waals surface area (Å²) in [6, 6.07) is 24.2. The van der Waals surface area contributed by atoms with E-state index in [1.165, 1.54) is 22.1 Å². The minimum atomic E-state index is 0.683. The fraction of sp³-hybridized carbons (Fsp3) is 0.115. The molecule has 2 N–H and O–H groups in total. The highest BCUT2D eigenvalue weighted by Gasteiger charge is 2.06. The van der Waals surface area contributed by atoms with E-state index in [1.807, 2.05) is 48.7 Å². The molecule has 0 saturated heterocycles. The van der Waals surface area contributed by atoms with Crippen molar-refractivity contribution in [3.05, 3.63) is 112 Å². The summed E-state index contributed by atoms with van der Waals surface area (Å²) in [5.41, 5.74) is 7.42. The van der Waals surface area contributed by atoms with Crippen molar-refractivity contribution in [2.75, 3.05) is 6.54 Å². The van der Waals surface area contributed by atoms with Crippen LogP contribution in [0.4, 0.5) is 0 Å². The van der Waals surface area contributed by atoms with Gasteiger partial charge in [-0.3, -0.25) is 0 Å². The van der Waals surface area contributed by atoms with Crippen molar-refractivity contribution in [1.82, 2.24) is 10.3 Å². The zero-order valence-corrected chi connectivity index (χ0v) is 17.3. The molecule has 3 aromatic carbocycles. The van der Waals surface area contributed by atoms with Crippen molar-refractivity contribution >= 4 is 28.2 Å². The molecule has 0 fully saturated rings. The SMILES string of the molecule is C=C(NCCc1c[nH]c2ccc(Cl)cc12)c1cccc(Cc2ccc(C#N)cc2)c1. The number of H-pyrrole nitrogens is 1. The summed E-state index contributed by atoms with van der Waals surface area (Å²) in [5.74, 6) is 0.